The van der Waals surface area contributed by atoms with E-state index in [9.17, 15) is 19.2 Å². The molecule has 2 rings (SSSR count). The molecule has 2 aromatic rings. The van der Waals surface area contributed by atoms with Gasteiger partial charge in [0.25, 0.3) is 5.56 Å². The number of benzene rings is 1. The largest absolute Gasteiger partial charge is 0.426 e. The molecular weight excluding hydrogens is 440 g/mol. The monoisotopic (exact) mass is 474 g/mol. The van der Waals surface area contributed by atoms with Crippen LogP contribution >= 0.6 is 0 Å². The van der Waals surface area contributed by atoms with Gasteiger partial charge in [-0.15, -0.1) is 0 Å². The van der Waals surface area contributed by atoms with Crippen LogP contribution in [0.1, 0.15) is 43.4 Å². The highest BCUT2D eigenvalue weighted by Crippen LogP contribution is 2.26. The lowest BCUT2D eigenvalue weighted by molar-refractivity contribution is -0.136. The summed E-state index contributed by atoms with van der Waals surface area (Å²) in [7, 11) is 1.46. The highest BCUT2D eigenvalue weighted by molar-refractivity contribution is 5.97. The first kappa shape index (κ1) is 26.8. The Hall–Kier alpha value is -3.40. The number of aryl methyl sites for hydroxylation is 2. The normalized spacial score (nSPS) is 11.0. The molecule has 1 amide bonds. The maximum absolute atomic E-state index is 13.1. The Labute approximate surface area is 198 Å². The Morgan fingerprint density at radius 1 is 1.12 bits per heavy atom. The van der Waals surface area contributed by atoms with E-state index in [4.69, 9.17) is 15.2 Å². The van der Waals surface area contributed by atoms with Gasteiger partial charge in [-0.05, 0) is 43.4 Å². The summed E-state index contributed by atoms with van der Waals surface area (Å²) in [5.74, 6) is -0.636. The summed E-state index contributed by atoms with van der Waals surface area (Å²) in [4.78, 5) is 53.9. The molecule has 10 nitrogen and oxygen atoms in total. The Kier molecular flexibility index (Phi) is 9.19. The number of hydrogen-bond donors (Lipinski definition) is 2. The maximum Gasteiger partial charge on any atom is 0.330 e. The average Bonchev–Trinajstić information content (AvgIpc) is 2.77. The van der Waals surface area contributed by atoms with Crippen molar-refractivity contribution in [2.75, 3.05) is 30.9 Å². The number of aromatic nitrogens is 2. The van der Waals surface area contributed by atoms with E-state index in [2.05, 4.69) is 4.98 Å². The Bertz CT molecular complexity index is 1170. The minimum atomic E-state index is -0.777. The fourth-order valence-corrected chi connectivity index (χ4v) is 3.52. The number of carbonyl (C=O) groups is 2. The Balaban J connectivity index is 2.27. The first-order valence-corrected chi connectivity index (χ1v) is 11.2. The maximum atomic E-state index is 13.1. The molecule has 1 aromatic heterocycles. The highest BCUT2D eigenvalue weighted by Gasteiger charge is 2.25. The van der Waals surface area contributed by atoms with Gasteiger partial charge in [0, 0.05) is 26.6 Å². The van der Waals surface area contributed by atoms with Gasteiger partial charge in [-0.2, -0.15) is 0 Å². The predicted molar refractivity (Wildman–Crippen MR) is 130 cm³/mol. The molecule has 0 spiro atoms. The van der Waals surface area contributed by atoms with Gasteiger partial charge in [0.2, 0.25) is 5.91 Å². The second-order valence-corrected chi connectivity index (χ2v) is 8.66. The summed E-state index contributed by atoms with van der Waals surface area (Å²) >= 11 is 0. The fourth-order valence-electron chi connectivity index (χ4n) is 3.52. The number of nitrogen functional groups attached to an aromatic ring is 1. The summed E-state index contributed by atoms with van der Waals surface area (Å²) in [6, 6.07) is 3.81. The number of H-pyrrole nitrogens is 1. The lowest BCUT2D eigenvalue weighted by Gasteiger charge is -2.24. The van der Waals surface area contributed by atoms with E-state index in [0.717, 1.165) is 21.6 Å². The zero-order valence-corrected chi connectivity index (χ0v) is 20.7. The summed E-state index contributed by atoms with van der Waals surface area (Å²) in [5.41, 5.74) is 7.26. The van der Waals surface area contributed by atoms with Crippen molar-refractivity contribution in [3.63, 3.8) is 0 Å². The number of amides is 1. The molecule has 0 aliphatic heterocycles. The third-order valence-corrected chi connectivity index (χ3v) is 5.48. The number of esters is 1. The van der Waals surface area contributed by atoms with E-state index < -0.39 is 23.1 Å². The van der Waals surface area contributed by atoms with Crippen molar-refractivity contribution < 1.29 is 19.1 Å². The molecule has 186 valence electrons. The van der Waals surface area contributed by atoms with Gasteiger partial charge in [0.15, 0.2) is 5.69 Å². The molecule has 10 heteroatoms. The molecule has 0 fully saturated rings. The van der Waals surface area contributed by atoms with E-state index in [1.165, 1.54) is 11.7 Å². The van der Waals surface area contributed by atoms with Gasteiger partial charge in [0.05, 0.1) is 13.0 Å². The van der Waals surface area contributed by atoms with Crippen molar-refractivity contribution in [1.29, 1.82) is 0 Å². The van der Waals surface area contributed by atoms with E-state index in [0.29, 0.717) is 5.75 Å². The third-order valence-electron chi connectivity index (χ3n) is 5.48. The molecule has 0 bridgehead atoms. The number of carbonyl (C=O) groups excluding carboxylic acids is 2. The van der Waals surface area contributed by atoms with Gasteiger partial charge in [-0.25, -0.2) is 4.79 Å². The molecule has 0 saturated heterocycles. The quantitative estimate of drug-likeness (QED) is 0.397. The number of nitrogens with one attached hydrogen (secondary N) is 1. The topological polar surface area (TPSA) is 137 Å². The standard InChI is InChI=1S/C24H34N4O6/c1-14(2)13-28-22(25)20(23(31)26-24(28)32)27(11-12-33-6)18(29)9-10-19(30)34-21-16(4)8-7-15(3)17(21)5/h7-8,14H,9-13,25H2,1-6H3,(H,26,31,32). The molecule has 0 radical (unpaired) electrons. The van der Waals surface area contributed by atoms with E-state index >= 15 is 0 Å². The number of aromatic amines is 1. The Morgan fingerprint density at radius 3 is 2.38 bits per heavy atom. The molecule has 0 aliphatic carbocycles. The number of methoxy groups -OCH3 is 1. The molecule has 0 saturated carbocycles. The van der Waals surface area contributed by atoms with Crippen LogP contribution in [0.15, 0.2) is 21.7 Å². The fraction of sp³-hybridized carbons (Fsp3) is 0.500. The predicted octanol–water partition coefficient (Wildman–Crippen LogP) is 2.07. The summed E-state index contributed by atoms with van der Waals surface area (Å²) < 4.78 is 11.8. The highest BCUT2D eigenvalue weighted by atomic mass is 16.5. The van der Waals surface area contributed by atoms with E-state index in [1.54, 1.807) is 0 Å². The lowest BCUT2D eigenvalue weighted by atomic mass is 10.1. The Morgan fingerprint density at radius 2 is 1.76 bits per heavy atom. The molecular formula is C24H34N4O6. The number of anilines is 2. The average molecular weight is 475 g/mol. The lowest BCUT2D eigenvalue weighted by Crippen LogP contribution is -2.43. The van der Waals surface area contributed by atoms with E-state index in [-0.39, 0.29) is 50.0 Å². The second-order valence-electron chi connectivity index (χ2n) is 8.66. The van der Waals surface area contributed by atoms with E-state index in [1.807, 2.05) is 46.8 Å². The minimum absolute atomic E-state index is 0.0215. The van der Waals surface area contributed by atoms with Crippen LogP contribution in [0.4, 0.5) is 11.5 Å². The van der Waals surface area contributed by atoms with Crippen LogP contribution in [0.3, 0.4) is 0 Å². The second kappa shape index (κ2) is 11.6. The van der Waals surface area contributed by atoms with Gasteiger partial charge in [-0.1, -0.05) is 26.0 Å². The minimum Gasteiger partial charge on any atom is -0.426 e. The summed E-state index contributed by atoms with van der Waals surface area (Å²) in [6.07, 6.45) is -0.409. The summed E-state index contributed by atoms with van der Waals surface area (Å²) in [6.45, 7) is 9.83. The SMILES string of the molecule is COCCN(C(=O)CCC(=O)Oc1c(C)ccc(C)c1C)c1c(N)n(CC(C)C)c(=O)[nH]c1=O. The number of nitrogens with zero attached hydrogens (tertiary/aromatic N) is 2. The zero-order valence-electron chi connectivity index (χ0n) is 20.7. The third kappa shape index (κ3) is 6.34. The molecule has 3 N–H and O–H groups in total. The van der Waals surface area contributed by atoms with Crippen LogP contribution < -0.4 is 26.6 Å². The van der Waals surface area contributed by atoms with Crippen molar-refractivity contribution in [3.05, 3.63) is 49.7 Å². The zero-order chi connectivity index (χ0) is 25.6. The smallest absolute Gasteiger partial charge is 0.330 e. The van der Waals surface area contributed by atoms with Crippen molar-refractivity contribution in [2.45, 2.75) is 54.0 Å². The van der Waals surface area contributed by atoms with Crippen LogP contribution in [-0.2, 0) is 20.9 Å². The number of hydrogen-bond acceptors (Lipinski definition) is 7. The van der Waals surface area contributed by atoms with Crippen molar-refractivity contribution >= 4 is 23.4 Å². The molecule has 1 heterocycles. The number of ether oxygens (including phenoxy) is 2. The number of rotatable bonds is 10. The van der Waals surface area contributed by atoms with Crippen LogP contribution in [0, 0.1) is 26.7 Å². The molecule has 34 heavy (non-hydrogen) atoms. The van der Waals surface area contributed by atoms with Crippen LogP contribution in [0.25, 0.3) is 0 Å². The van der Waals surface area contributed by atoms with Gasteiger partial charge in [-0.3, -0.25) is 23.9 Å². The van der Waals surface area contributed by atoms with Crippen LogP contribution in [0.2, 0.25) is 0 Å². The molecule has 0 unspecified atom stereocenters. The molecule has 0 aliphatic rings. The first-order chi connectivity index (χ1) is 16.0. The van der Waals surface area contributed by atoms with Crippen LogP contribution in [0.5, 0.6) is 5.75 Å². The van der Waals surface area contributed by atoms with Crippen molar-refractivity contribution in [2.24, 2.45) is 5.92 Å². The molecule has 1 aromatic carbocycles. The van der Waals surface area contributed by atoms with Crippen LogP contribution in [-0.4, -0.2) is 41.7 Å². The molecule has 0 atom stereocenters. The number of nitrogens with two attached hydrogens (primary N) is 1. The summed E-state index contributed by atoms with van der Waals surface area (Å²) in [5, 5.41) is 0. The first-order valence-electron chi connectivity index (χ1n) is 11.2. The van der Waals surface area contributed by atoms with Crippen molar-refractivity contribution in [3.8, 4) is 5.75 Å². The van der Waals surface area contributed by atoms with Crippen molar-refractivity contribution in [1.82, 2.24) is 9.55 Å². The van der Waals surface area contributed by atoms with Gasteiger partial charge in [0.1, 0.15) is 11.6 Å². The van der Waals surface area contributed by atoms with Gasteiger partial charge < -0.3 is 20.1 Å². The van der Waals surface area contributed by atoms with Gasteiger partial charge >= 0.3 is 11.7 Å².